The molecule has 0 aliphatic heterocycles. The lowest BCUT2D eigenvalue weighted by Crippen LogP contribution is -2.19. The van der Waals surface area contributed by atoms with Crippen molar-refractivity contribution in [3.63, 3.8) is 0 Å². The summed E-state index contributed by atoms with van der Waals surface area (Å²) in [6.07, 6.45) is 0.550. The van der Waals surface area contributed by atoms with Gasteiger partial charge >= 0.3 is 7.60 Å². The van der Waals surface area contributed by atoms with Gasteiger partial charge in [0.25, 0.3) is 0 Å². The summed E-state index contributed by atoms with van der Waals surface area (Å²) in [4.78, 5) is 6.75. The minimum atomic E-state index is -3.38. The van der Waals surface area contributed by atoms with Gasteiger partial charge in [-0.3, -0.25) is 9.40 Å². The van der Waals surface area contributed by atoms with Crippen molar-refractivity contribution in [1.29, 1.82) is 0 Å². The fourth-order valence-corrected chi connectivity index (χ4v) is 6.42. The van der Waals surface area contributed by atoms with E-state index in [2.05, 4.69) is 17.6 Å². The van der Waals surface area contributed by atoms with Crippen LogP contribution in [0, 0.1) is 0 Å². The Bertz CT molecular complexity index is 939. The Morgan fingerprint density at radius 1 is 0.935 bits per heavy atom. The molecule has 31 heavy (non-hydrogen) atoms. The van der Waals surface area contributed by atoms with Crippen LogP contribution in [-0.2, 0) is 25.1 Å². The maximum absolute atomic E-state index is 13.8. The second-order valence-corrected chi connectivity index (χ2v) is 10.1. The number of hydroxylamine groups is 1. The van der Waals surface area contributed by atoms with Crippen LogP contribution in [0.2, 0.25) is 0 Å². The molecule has 166 valence electrons. The summed E-state index contributed by atoms with van der Waals surface area (Å²) in [6.45, 7) is 5.32. The Morgan fingerprint density at radius 2 is 1.65 bits per heavy atom. The van der Waals surface area contributed by atoms with E-state index in [0.717, 1.165) is 21.6 Å². The van der Waals surface area contributed by atoms with Crippen LogP contribution in [0.1, 0.15) is 37.1 Å². The predicted molar refractivity (Wildman–Crippen MR) is 127 cm³/mol. The maximum Gasteiger partial charge on any atom is 0.338 e. The highest BCUT2D eigenvalue weighted by Gasteiger charge is 2.37. The Kier molecular flexibility index (Phi) is 9.47. The first kappa shape index (κ1) is 23.9. The van der Waals surface area contributed by atoms with Gasteiger partial charge in [-0.15, -0.1) is 11.3 Å². The van der Waals surface area contributed by atoms with Gasteiger partial charge in [0, 0.05) is 11.4 Å². The Balaban J connectivity index is 1.78. The molecule has 7 heteroatoms. The first-order valence-electron chi connectivity index (χ1n) is 10.6. The average molecular weight is 460 g/mol. The van der Waals surface area contributed by atoms with E-state index in [0.29, 0.717) is 32.8 Å². The molecule has 1 aromatic heterocycles. The van der Waals surface area contributed by atoms with E-state index in [1.54, 1.807) is 11.3 Å². The van der Waals surface area contributed by atoms with Gasteiger partial charge in [-0.05, 0) is 48.4 Å². The summed E-state index contributed by atoms with van der Waals surface area (Å²) < 4.78 is 25.3. The van der Waals surface area contributed by atoms with Gasteiger partial charge in [0.05, 0.1) is 25.5 Å². The number of thiophene rings is 1. The molecule has 0 aliphatic rings. The first-order valence-corrected chi connectivity index (χ1v) is 13.1. The molecule has 3 rings (SSSR count). The second kappa shape index (κ2) is 12.3. The summed E-state index contributed by atoms with van der Waals surface area (Å²) in [5.41, 5.74) is 5.73. The molecule has 1 atom stereocenters. The fourth-order valence-electron chi connectivity index (χ4n) is 3.48. The van der Waals surface area contributed by atoms with Gasteiger partial charge in [-0.2, -0.15) is 0 Å². The van der Waals surface area contributed by atoms with Crippen LogP contribution in [-0.4, -0.2) is 19.8 Å². The quantitative estimate of drug-likeness (QED) is 0.172. The normalized spacial score (nSPS) is 12.7. The van der Waals surface area contributed by atoms with Gasteiger partial charge in [0.15, 0.2) is 0 Å². The third kappa shape index (κ3) is 6.59. The van der Waals surface area contributed by atoms with Gasteiger partial charge in [-0.1, -0.05) is 60.7 Å². The first-order chi connectivity index (χ1) is 15.2. The van der Waals surface area contributed by atoms with Crippen LogP contribution in [0.25, 0.3) is 10.4 Å². The summed E-state index contributed by atoms with van der Waals surface area (Å²) in [7, 11) is -3.38. The number of hydrogen-bond acceptors (Lipinski definition) is 6. The van der Waals surface area contributed by atoms with Gasteiger partial charge < -0.3 is 9.05 Å². The van der Waals surface area contributed by atoms with E-state index in [1.807, 2.05) is 73.8 Å². The summed E-state index contributed by atoms with van der Waals surface area (Å²) in [5.74, 6) is 0. The highest BCUT2D eigenvalue weighted by molar-refractivity contribution is 7.54. The average Bonchev–Trinajstić information content (AvgIpc) is 3.32. The van der Waals surface area contributed by atoms with Crippen LogP contribution in [0.4, 0.5) is 0 Å². The van der Waals surface area contributed by atoms with E-state index in [1.165, 1.54) is 0 Å². The van der Waals surface area contributed by atoms with Gasteiger partial charge in [-0.25, -0.2) is 5.48 Å². The zero-order valence-electron chi connectivity index (χ0n) is 18.0. The highest BCUT2D eigenvalue weighted by atomic mass is 32.1. The van der Waals surface area contributed by atoms with Crippen molar-refractivity contribution < 1.29 is 18.5 Å². The molecule has 0 amide bonds. The standard InChI is InChI=1S/C24H30NO4PS/c1-3-28-30(26,29-4-2)23(16-17-25-27-19-20-11-6-5-7-12-20)21-13-8-9-14-22(21)24-15-10-18-31-24/h5-15,18,23,25H,3-4,16-17,19H2,1-2H3. The van der Waals surface area contributed by atoms with Crippen molar-refractivity contribution in [2.24, 2.45) is 0 Å². The van der Waals surface area contributed by atoms with Crippen molar-refractivity contribution in [3.8, 4) is 10.4 Å². The zero-order valence-corrected chi connectivity index (χ0v) is 19.7. The van der Waals surface area contributed by atoms with E-state index >= 15 is 0 Å². The number of hydrogen-bond donors (Lipinski definition) is 1. The molecule has 0 fully saturated rings. The lowest BCUT2D eigenvalue weighted by atomic mass is 10.0. The van der Waals surface area contributed by atoms with Crippen molar-refractivity contribution in [2.75, 3.05) is 19.8 Å². The number of rotatable bonds is 13. The summed E-state index contributed by atoms with van der Waals surface area (Å²) >= 11 is 1.66. The molecule has 2 aromatic carbocycles. The SMILES string of the molecule is CCOP(=O)(OCC)C(CCNOCc1ccccc1)c1ccccc1-c1cccs1. The molecule has 3 aromatic rings. The zero-order chi connectivity index (χ0) is 21.9. The van der Waals surface area contributed by atoms with Crippen molar-refractivity contribution >= 4 is 18.9 Å². The number of nitrogens with one attached hydrogen (secondary N) is 1. The molecular weight excluding hydrogens is 429 g/mol. The van der Waals surface area contributed by atoms with Crippen LogP contribution in [0.5, 0.6) is 0 Å². The minimum absolute atomic E-state index is 0.326. The molecule has 1 N–H and O–H groups in total. The molecular formula is C24H30NO4PS. The number of benzene rings is 2. The molecule has 1 unspecified atom stereocenters. The van der Waals surface area contributed by atoms with Crippen molar-refractivity contribution in [3.05, 3.63) is 83.2 Å². The lowest BCUT2D eigenvalue weighted by Gasteiger charge is -2.28. The molecule has 0 aliphatic carbocycles. The van der Waals surface area contributed by atoms with Crippen molar-refractivity contribution in [2.45, 2.75) is 32.5 Å². The Morgan fingerprint density at radius 3 is 2.32 bits per heavy atom. The van der Waals surface area contributed by atoms with Gasteiger partial charge in [0.1, 0.15) is 0 Å². The van der Waals surface area contributed by atoms with Crippen molar-refractivity contribution in [1.82, 2.24) is 5.48 Å². The highest BCUT2D eigenvalue weighted by Crippen LogP contribution is 2.63. The Hall–Kier alpha value is -1.79. The van der Waals surface area contributed by atoms with Crippen LogP contribution in [0.15, 0.2) is 72.1 Å². The third-order valence-corrected chi connectivity index (χ3v) is 8.25. The third-order valence-electron chi connectivity index (χ3n) is 4.81. The van der Waals surface area contributed by atoms with E-state index in [4.69, 9.17) is 13.9 Å². The Labute approximate surface area is 188 Å². The molecule has 0 saturated heterocycles. The molecule has 0 saturated carbocycles. The largest absolute Gasteiger partial charge is 0.338 e. The molecule has 0 radical (unpaired) electrons. The topological polar surface area (TPSA) is 56.8 Å². The summed E-state index contributed by atoms with van der Waals surface area (Å²) in [6, 6.07) is 22.1. The predicted octanol–water partition coefficient (Wildman–Crippen LogP) is 6.83. The van der Waals surface area contributed by atoms with Crippen LogP contribution >= 0.6 is 18.9 Å². The van der Waals surface area contributed by atoms with E-state index in [9.17, 15) is 4.57 Å². The smallest absolute Gasteiger partial charge is 0.308 e. The lowest BCUT2D eigenvalue weighted by molar-refractivity contribution is 0.0270. The molecule has 0 spiro atoms. The molecule has 1 heterocycles. The maximum atomic E-state index is 13.8. The molecule has 5 nitrogen and oxygen atoms in total. The van der Waals surface area contributed by atoms with Crippen LogP contribution < -0.4 is 5.48 Å². The van der Waals surface area contributed by atoms with Crippen LogP contribution in [0.3, 0.4) is 0 Å². The summed E-state index contributed by atoms with van der Waals surface area (Å²) in [5, 5.41) is 2.05. The van der Waals surface area contributed by atoms with Gasteiger partial charge in [0.2, 0.25) is 0 Å². The fraction of sp³-hybridized carbons (Fsp3) is 0.333. The van der Waals surface area contributed by atoms with E-state index in [-0.39, 0.29) is 0 Å². The van der Waals surface area contributed by atoms with E-state index < -0.39 is 13.3 Å². The molecule has 0 bridgehead atoms. The second-order valence-electron chi connectivity index (χ2n) is 6.91. The monoisotopic (exact) mass is 459 g/mol. The minimum Gasteiger partial charge on any atom is -0.308 e.